The molecule has 20 heavy (non-hydrogen) atoms. The number of carbonyl (C=O) groups excluding carboxylic acids is 1. The van der Waals surface area contributed by atoms with Crippen molar-refractivity contribution in [1.82, 2.24) is 4.57 Å². The summed E-state index contributed by atoms with van der Waals surface area (Å²) >= 11 is 0. The molecule has 0 aliphatic rings. The zero-order valence-corrected chi connectivity index (χ0v) is 11.6. The maximum Gasteiger partial charge on any atom is 0.325 e. The normalized spacial score (nSPS) is 10.3. The number of hydrogen-bond acceptors (Lipinski definition) is 4. The molecule has 0 unspecified atom stereocenters. The van der Waals surface area contributed by atoms with Gasteiger partial charge in [0, 0.05) is 11.6 Å². The van der Waals surface area contributed by atoms with Crippen LogP contribution in [0.5, 0.6) is 0 Å². The number of nitrogens with zero attached hydrogens (tertiary/aromatic N) is 2. The molecule has 5 nitrogen and oxygen atoms in total. The number of esters is 1. The van der Waals surface area contributed by atoms with Crippen molar-refractivity contribution in [3.63, 3.8) is 0 Å². The van der Waals surface area contributed by atoms with E-state index in [1.165, 1.54) is 13.3 Å². The minimum Gasteiger partial charge on any atom is -0.468 e. The molecule has 0 radical (unpaired) electrons. The third-order valence-electron chi connectivity index (χ3n) is 3.15. The number of hydrogen-bond donors (Lipinski definition) is 0. The van der Waals surface area contributed by atoms with Crippen molar-refractivity contribution in [1.29, 1.82) is 5.26 Å². The molecule has 0 spiro atoms. The van der Waals surface area contributed by atoms with Crippen LogP contribution in [0.1, 0.15) is 16.7 Å². The molecule has 0 aliphatic heterocycles. The molecule has 2 aromatic rings. The third kappa shape index (κ3) is 2.28. The molecule has 5 heteroatoms. The van der Waals surface area contributed by atoms with E-state index >= 15 is 0 Å². The van der Waals surface area contributed by atoms with Gasteiger partial charge in [0.2, 0.25) is 5.43 Å². The Balaban J connectivity index is 2.87. The summed E-state index contributed by atoms with van der Waals surface area (Å²) in [5.41, 5.74) is 2.18. The van der Waals surface area contributed by atoms with Gasteiger partial charge in [-0.2, -0.15) is 5.26 Å². The van der Waals surface area contributed by atoms with Gasteiger partial charge >= 0.3 is 5.97 Å². The number of nitriles is 1. The minimum absolute atomic E-state index is 0.0198. The number of carbonyl (C=O) groups is 1. The summed E-state index contributed by atoms with van der Waals surface area (Å²) in [5.74, 6) is -0.432. The molecule has 1 aromatic heterocycles. The molecule has 0 saturated heterocycles. The van der Waals surface area contributed by atoms with Crippen molar-refractivity contribution in [3.05, 3.63) is 45.2 Å². The van der Waals surface area contributed by atoms with Gasteiger partial charge in [0.25, 0.3) is 0 Å². The molecule has 1 heterocycles. The molecule has 1 aromatic carbocycles. The molecule has 0 amide bonds. The van der Waals surface area contributed by atoms with Gasteiger partial charge in [0.15, 0.2) is 0 Å². The van der Waals surface area contributed by atoms with Crippen LogP contribution >= 0.6 is 0 Å². The molecule has 0 bridgehead atoms. The van der Waals surface area contributed by atoms with E-state index in [1.807, 2.05) is 26.0 Å². The number of pyridine rings is 1. The third-order valence-corrected chi connectivity index (χ3v) is 3.15. The van der Waals surface area contributed by atoms with E-state index < -0.39 is 5.97 Å². The van der Waals surface area contributed by atoms with Crippen LogP contribution in [0.2, 0.25) is 0 Å². The Morgan fingerprint density at radius 1 is 1.40 bits per heavy atom. The van der Waals surface area contributed by atoms with Crippen LogP contribution in [0.15, 0.2) is 23.1 Å². The Labute approximate surface area is 116 Å². The van der Waals surface area contributed by atoms with Crippen molar-refractivity contribution in [2.75, 3.05) is 7.11 Å². The number of methoxy groups -OCH3 is 1. The van der Waals surface area contributed by atoms with Crippen molar-refractivity contribution in [2.45, 2.75) is 20.4 Å². The maximum absolute atomic E-state index is 12.2. The van der Waals surface area contributed by atoms with E-state index in [-0.39, 0.29) is 17.5 Å². The Hall–Kier alpha value is -2.61. The van der Waals surface area contributed by atoms with E-state index in [0.29, 0.717) is 10.9 Å². The van der Waals surface area contributed by atoms with E-state index in [0.717, 1.165) is 11.1 Å². The number of fused-ring (bicyclic) bond motifs is 1. The van der Waals surface area contributed by atoms with Crippen LogP contribution in [-0.4, -0.2) is 17.6 Å². The monoisotopic (exact) mass is 270 g/mol. The zero-order valence-electron chi connectivity index (χ0n) is 11.6. The van der Waals surface area contributed by atoms with Crippen molar-refractivity contribution < 1.29 is 9.53 Å². The highest BCUT2D eigenvalue weighted by molar-refractivity contribution is 5.85. The molecule has 0 atom stereocenters. The van der Waals surface area contributed by atoms with Crippen LogP contribution in [-0.2, 0) is 16.1 Å². The maximum atomic E-state index is 12.2. The number of aryl methyl sites for hydroxylation is 2. The molecular weight excluding hydrogens is 256 g/mol. The topological polar surface area (TPSA) is 72.1 Å². The summed E-state index contributed by atoms with van der Waals surface area (Å²) in [6, 6.07) is 5.54. The fourth-order valence-electron chi connectivity index (χ4n) is 2.35. The molecular formula is C15H14N2O3. The highest BCUT2D eigenvalue weighted by atomic mass is 16.5. The molecule has 0 saturated carbocycles. The first-order valence-electron chi connectivity index (χ1n) is 6.09. The van der Waals surface area contributed by atoms with Gasteiger partial charge in [0.05, 0.1) is 12.6 Å². The summed E-state index contributed by atoms with van der Waals surface area (Å²) in [6.45, 7) is 3.72. The average molecular weight is 270 g/mol. The Kier molecular flexibility index (Phi) is 3.57. The van der Waals surface area contributed by atoms with Crippen molar-refractivity contribution in [3.8, 4) is 6.07 Å². The number of ether oxygens (including phenoxy) is 1. The first-order chi connectivity index (χ1) is 9.47. The van der Waals surface area contributed by atoms with Crippen LogP contribution in [0.25, 0.3) is 10.9 Å². The predicted octanol–water partition coefficient (Wildman–Crippen LogP) is 1.66. The largest absolute Gasteiger partial charge is 0.468 e. The fourth-order valence-corrected chi connectivity index (χ4v) is 2.35. The van der Waals surface area contributed by atoms with E-state index in [2.05, 4.69) is 4.74 Å². The number of benzene rings is 1. The lowest BCUT2D eigenvalue weighted by Crippen LogP contribution is -2.18. The standard InChI is InChI=1S/C15H14N2O3/c1-9-4-10(2)14-12(5-9)15(19)11(6-16)7-17(14)8-13(18)20-3/h4-5,7H,8H2,1-3H3. The number of aromatic nitrogens is 1. The highest BCUT2D eigenvalue weighted by Crippen LogP contribution is 2.19. The second-order valence-corrected chi connectivity index (χ2v) is 4.67. The fraction of sp³-hybridized carbons (Fsp3) is 0.267. The summed E-state index contributed by atoms with van der Waals surface area (Å²) < 4.78 is 6.24. The summed E-state index contributed by atoms with van der Waals surface area (Å²) in [4.78, 5) is 23.7. The number of rotatable bonds is 2. The summed E-state index contributed by atoms with van der Waals surface area (Å²) in [5, 5.41) is 9.50. The first kappa shape index (κ1) is 13.8. The van der Waals surface area contributed by atoms with Crippen LogP contribution < -0.4 is 5.43 Å². The molecule has 0 N–H and O–H groups in total. The van der Waals surface area contributed by atoms with Gasteiger partial charge in [-0.3, -0.25) is 9.59 Å². The lowest BCUT2D eigenvalue weighted by Gasteiger charge is -2.13. The average Bonchev–Trinajstić information content (AvgIpc) is 2.41. The molecule has 0 fully saturated rings. The second-order valence-electron chi connectivity index (χ2n) is 4.67. The van der Waals surface area contributed by atoms with Gasteiger partial charge in [-0.05, 0) is 31.0 Å². The lowest BCUT2D eigenvalue weighted by atomic mass is 10.0. The Bertz CT molecular complexity index is 797. The Morgan fingerprint density at radius 3 is 2.70 bits per heavy atom. The van der Waals surface area contributed by atoms with Gasteiger partial charge in [0.1, 0.15) is 18.2 Å². The van der Waals surface area contributed by atoms with Crippen LogP contribution in [0.3, 0.4) is 0 Å². The van der Waals surface area contributed by atoms with Gasteiger partial charge in [-0.15, -0.1) is 0 Å². The van der Waals surface area contributed by atoms with Gasteiger partial charge < -0.3 is 9.30 Å². The van der Waals surface area contributed by atoms with E-state index in [1.54, 1.807) is 10.6 Å². The van der Waals surface area contributed by atoms with Crippen LogP contribution in [0.4, 0.5) is 0 Å². The molecule has 2 rings (SSSR count). The smallest absolute Gasteiger partial charge is 0.325 e. The van der Waals surface area contributed by atoms with E-state index in [4.69, 9.17) is 5.26 Å². The van der Waals surface area contributed by atoms with Crippen molar-refractivity contribution in [2.24, 2.45) is 0 Å². The molecule has 102 valence electrons. The van der Waals surface area contributed by atoms with Crippen LogP contribution in [0, 0.1) is 25.2 Å². The lowest BCUT2D eigenvalue weighted by molar-refractivity contribution is -0.141. The SMILES string of the molecule is COC(=O)Cn1cc(C#N)c(=O)c2cc(C)cc(C)c21. The first-order valence-corrected chi connectivity index (χ1v) is 6.09. The summed E-state index contributed by atoms with van der Waals surface area (Å²) in [6.07, 6.45) is 1.41. The Morgan fingerprint density at radius 2 is 2.10 bits per heavy atom. The van der Waals surface area contributed by atoms with Gasteiger partial charge in [-0.25, -0.2) is 0 Å². The summed E-state index contributed by atoms with van der Waals surface area (Å²) in [7, 11) is 1.30. The zero-order chi connectivity index (χ0) is 14.9. The predicted molar refractivity (Wildman–Crippen MR) is 74.4 cm³/mol. The second kappa shape index (κ2) is 5.17. The van der Waals surface area contributed by atoms with Gasteiger partial charge in [-0.1, -0.05) is 6.07 Å². The minimum atomic E-state index is -0.432. The highest BCUT2D eigenvalue weighted by Gasteiger charge is 2.13. The molecule has 0 aliphatic carbocycles. The quantitative estimate of drug-likeness (QED) is 0.778. The van der Waals surface area contributed by atoms with E-state index in [9.17, 15) is 9.59 Å². The van der Waals surface area contributed by atoms with Crippen molar-refractivity contribution >= 4 is 16.9 Å².